The normalized spacial score (nSPS) is 23.3. The fourth-order valence-electron chi connectivity index (χ4n) is 6.97. The second-order valence-corrected chi connectivity index (χ2v) is 15.3. The SMILES string of the molecule is O=C(NCC(O)N[C@H]1C(O)C[C@@](O)(C(=O)O)CC1C(O)C(O)CNC(=O)c1cc2c(s1)-c1ccccc1OC2)c1cc2c(s1)-c1ccccc1OC2. The molecule has 1 saturated carbocycles. The van der Waals surface area contributed by atoms with E-state index >= 15 is 0 Å². The zero-order valence-electron chi connectivity index (χ0n) is 27.5. The van der Waals surface area contributed by atoms with E-state index in [4.69, 9.17) is 9.47 Å². The molecule has 5 unspecified atom stereocenters. The van der Waals surface area contributed by atoms with E-state index < -0.39 is 79.3 Å². The van der Waals surface area contributed by atoms with Crippen LogP contribution in [0, 0.1) is 5.92 Å². The van der Waals surface area contributed by atoms with Crippen LogP contribution < -0.4 is 25.4 Å². The van der Waals surface area contributed by atoms with Gasteiger partial charge in [0.05, 0.1) is 34.6 Å². The molecule has 3 aliphatic rings. The Bertz CT molecular complexity index is 2000. The largest absolute Gasteiger partial charge is 0.488 e. The number of hydrogen-bond donors (Lipinski definition) is 9. The molecular weight excluding hydrogens is 715 g/mol. The van der Waals surface area contributed by atoms with Crippen LogP contribution in [0.15, 0.2) is 60.7 Å². The number of benzene rings is 2. The summed E-state index contributed by atoms with van der Waals surface area (Å²) in [5.74, 6) is -2.50. The molecular formula is C36H37N3O11S2. The van der Waals surface area contributed by atoms with Gasteiger partial charge in [0, 0.05) is 56.9 Å². The van der Waals surface area contributed by atoms with Crippen molar-refractivity contribution in [2.24, 2.45) is 5.92 Å². The fourth-order valence-corrected chi connectivity index (χ4v) is 9.20. The summed E-state index contributed by atoms with van der Waals surface area (Å²) in [6, 6.07) is 17.1. The lowest BCUT2D eigenvalue weighted by atomic mass is 9.70. The molecule has 9 N–H and O–H groups in total. The number of aliphatic carboxylic acids is 1. The standard InChI is InChI=1S/C36H37N3O11S2/c40-22-12-36(48,35(46)47)11-21(30(43)23(41)13-37-33(44)26-9-17-15-49-24-7-3-1-5-19(24)31(17)51-26)29(22)39-28(42)14-38-34(45)27-10-18-16-50-25-8-4-2-6-20(25)32(18)52-27/h1-10,21-23,28-30,39-43,48H,11-16H2,(H,37,44)(H,38,45)(H,46,47)/t21?,22?,23?,28?,29-,30?,36-/m1/s1. The van der Waals surface area contributed by atoms with Crippen molar-refractivity contribution in [3.63, 3.8) is 0 Å². The van der Waals surface area contributed by atoms with Crippen molar-refractivity contribution in [1.82, 2.24) is 16.0 Å². The smallest absolute Gasteiger partial charge is 0.335 e. The molecule has 52 heavy (non-hydrogen) atoms. The van der Waals surface area contributed by atoms with Crippen LogP contribution in [-0.4, -0.2) is 97.7 Å². The summed E-state index contributed by atoms with van der Waals surface area (Å²) in [4.78, 5) is 40.7. The maximum atomic E-state index is 13.1. The monoisotopic (exact) mass is 751 g/mol. The van der Waals surface area contributed by atoms with Crippen LogP contribution in [0.1, 0.15) is 43.3 Å². The van der Waals surface area contributed by atoms with Crippen molar-refractivity contribution in [3.05, 3.63) is 81.5 Å². The summed E-state index contributed by atoms with van der Waals surface area (Å²) in [7, 11) is 0. The van der Waals surface area contributed by atoms with Crippen molar-refractivity contribution >= 4 is 40.5 Å². The van der Waals surface area contributed by atoms with Crippen LogP contribution in [-0.2, 0) is 18.0 Å². The first kappa shape index (κ1) is 36.0. The quantitative estimate of drug-likeness (QED) is 0.0999. The molecule has 2 amide bonds. The molecule has 14 nitrogen and oxygen atoms in total. The van der Waals surface area contributed by atoms with Gasteiger partial charge in [0.25, 0.3) is 11.8 Å². The summed E-state index contributed by atoms with van der Waals surface area (Å²) in [5.41, 5.74) is 0.972. The minimum atomic E-state index is -2.44. The third kappa shape index (κ3) is 7.03. The molecule has 4 aromatic rings. The molecule has 7 atom stereocenters. The molecule has 274 valence electrons. The van der Waals surface area contributed by atoms with Gasteiger partial charge in [-0.1, -0.05) is 24.3 Å². The van der Waals surface area contributed by atoms with E-state index in [2.05, 4.69) is 16.0 Å². The van der Waals surface area contributed by atoms with E-state index in [-0.39, 0.29) is 13.2 Å². The average molecular weight is 752 g/mol. The number of amides is 2. The van der Waals surface area contributed by atoms with Gasteiger partial charge in [0.2, 0.25) is 0 Å². The summed E-state index contributed by atoms with van der Waals surface area (Å²) in [6.07, 6.45) is -7.72. The van der Waals surface area contributed by atoms with E-state index in [0.717, 1.165) is 37.8 Å². The number of carboxylic acids is 1. The molecule has 2 aromatic carbocycles. The van der Waals surface area contributed by atoms with Crippen molar-refractivity contribution in [1.29, 1.82) is 0 Å². The molecule has 1 aliphatic carbocycles. The summed E-state index contributed by atoms with van der Waals surface area (Å²) < 4.78 is 11.5. The predicted molar refractivity (Wildman–Crippen MR) is 189 cm³/mol. The number of ether oxygens (including phenoxy) is 2. The van der Waals surface area contributed by atoms with Gasteiger partial charge in [-0.2, -0.15) is 0 Å². The fraction of sp³-hybridized carbons (Fsp3) is 0.361. The first-order valence-electron chi connectivity index (χ1n) is 16.6. The van der Waals surface area contributed by atoms with Gasteiger partial charge in [-0.05, 0) is 42.8 Å². The van der Waals surface area contributed by atoms with Crippen LogP contribution in [0.2, 0.25) is 0 Å². The maximum Gasteiger partial charge on any atom is 0.335 e. The highest BCUT2D eigenvalue weighted by Gasteiger charge is 2.52. The number of fused-ring (bicyclic) bond motifs is 6. The number of aliphatic hydroxyl groups excluding tert-OH is 4. The highest BCUT2D eigenvalue weighted by Crippen LogP contribution is 2.43. The van der Waals surface area contributed by atoms with E-state index in [1.165, 1.54) is 22.7 Å². The van der Waals surface area contributed by atoms with Crippen molar-refractivity contribution in [2.75, 3.05) is 13.1 Å². The molecule has 4 heterocycles. The van der Waals surface area contributed by atoms with Crippen LogP contribution in [0.25, 0.3) is 20.9 Å². The first-order valence-corrected chi connectivity index (χ1v) is 18.3. The topological polar surface area (TPSA) is 227 Å². The number of aliphatic hydroxyl groups is 5. The number of nitrogens with one attached hydrogen (secondary N) is 3. The number of thiophene rings is 2. The molecule has 2 aromatic heterocycles. The van der Waals surface area contributed by atoms with E-state index in [9.17, 15) is 45.0 Å². The zero-order valence-corrected chi connectivity index (χ0v) is 29.2. The van der Waals surface area contributed by atoms with Crippen molar-refractivity contribution in [3.8, 4) is 32.4 Å². The van der Waals surface area contributed by atoms with Crippen LogP contribution >= 0.6 is 22.7 Å². The van der Waals surface area contributed by atoms with Gasteiger partial charge < -0.3 is 50.7 Å². The average Bonchev–Trinajstić information content (AvgIpc) is 3.79. The van der Waals surface area contributed by atoms with E-state index in [1.807, 2.05) is 48.5 Å². The van der Waals surface area contributed by atoms with Gasteiger partial charge in [0.15, 0.2) is 5.60 Å². The van der Waals surface area contributed by atoms with E-state index in [0.29, 0.717) is 22.1 Å². The highest BCUT2D eigenvalue weighted by atomic mass is 32.1. The Balaban J connectivity index is 0.988. The summed E-state index contributed by atoms with van der Waals surface area (Å²) >= 11 is 2.53. The molecule has 0 bridgehead atoms. The number of rotatable bonds is 11. The minimum Gasteiger partial charge on any atom is -0.488 e. The molecule has 2 aliphatic heterocycles. The Labute approximate surface area is 305 Å². The Hall–Kier alpha value is -4.39. The third-order valence-corrected chi connectivity index (χ3v) is 12.1. The first-order chi connectivity index (χ1) is 24.9. The number of hydrogen-bond acceptors (Lipinski definition) is 13. The number of carboxylic acid groups (broad SMARTS) is 1. The summed E-state index contributed by atoms with van der Waals surface area (Å²) in [6.45, 7) is -0.178. The lowest BCUT2D eigenvalue weighted by Gasteiger charge is -2.45. The van der Waals surface area contributed by atoms with Crippen molar-refractivity contribution in [2.45, 2.75) is 62.2 Å². The molecule has 7 rings (SSSR count). The van der Waals surface area contributed by atoms with Crippen LogP contribution in [0.5, 0.6) is 11.5 Å². The number of carbonyl (C=O) groups excluding carboxylic acids is 2. The molecule has 0 spiro atoms. The molecule has 0 radical (unpaired) electrons. The molecule has 1 fully saturated rings. The van der Waals surface area contributed by atoms with Gasteiger partial charge >= 0.3 is 5.97 Å². The zero-order chi connectivity index (χ0) is 36.7. The van der Waals surface area contributed by atoms with Gasteiger partial charge in [-0.15, -0.1) is 22.7 Å². The molecule has 0 saturated heterocycles. The van der Waals surface area contributed by atoms with E-state index in [1.54, 1.807) is 12.1 Å². The van der Waals surface area contributed by atoms with Gasteiger partial charge in [-0.25, -0.2) is 4.79 Å². The number of carbonyl (C=O) groups is 3. The lowest BCUT2D eigenvalue weighted by molar-refractivity contribution is -0.178. The third-order valence-electron chi connectivity index (χ3n) is 9.63. The molecule has 16 heteroatoms. The Morgan fingerprint density at radius 1 is 0.808 bits per heavy atom. The Kier molecular flexibility index (Phi) is 10.1. The summed E-state index contributed by atoms with van der Waals surface area (Å²) in [5, 5.41) is 72.6. The minimum absolute atomic E-state index is 0.290. The number of para-hydroxylation sites is 2. The Morgan fingerprint density at radius 2 is 1.33 bits per heavy atom. The second-order valence-electron chi connectivity index (χ2n) is 13.2. The predicted octanol–water partition coefficient (Wildman–Crippen LogP) is 1.67. The van der Waals surface area contributed by atoms with Crippen molar-refractivity contribution < 1.29 is 54.5 Å². The van der Waals surface area contributed by atoms with Gasteiger partial charge in [-0.3, -0.25) is 14.9 Å². The lowest BCUT2D eigenvalue weighted by Crippen LogP contribution is -2.64. The van der Waals surface area contributed by atoms with Crippen LogP contribution in [0.4, 0.5) is 0 Å². The Morgan fingerprint density at radius 3 is 1.87 bits per heavy atom. The highest BCUT2D eigenvalue weighted by molar-refractivity contribution is 7.18. The van der Waals surface area contributed by atoms with Crippen LogP contribution in [0.3, 0.4) is 0 Å². The maximum absolute atomic E-state index is 13.1. The van der Waals surface area contributed by atoms with Gasteiger partial charge in [0.1, 0.15) is 30.9 Å². The second kappa shape index (κ2) is 14.6.